The molecule has 0 aliphatic rings. The third kappa shape index (κ3) is 9.07. The van der Waals surface area contributed by atoms with Gasteiger partial charge in [-0.05, 0) is 153 Å². The van der Waals surface area contributed by atoms with Gasteiger partial charge in [-0.2, -0.15) is 0 Å². The van der Waals surface area contributed by atoms with Gasteiger partial charge in [0.05, 0.1) is 0 Å². The minimum Gasteiger partial charge on any atom is -0.315 e. The predicted molar refractivity (Wildman–Crippen MR) is 263 cm³/mol. The summed E-state index contributed by atoms with van der Waals surface area (Å²) in [6.07, 6.45) is 6.23. The van der Waals surface area contributed by atoms with E-state index in [0.29, 0.717) is 17.5 Å². The SMILES string of the molecule is C/C=C\C=C(/C)N(c1ccccc1)c1ccc(-c2nc(-c3ccc(N(c4ccccc4)c4ccccc4)cc3)nc(-c3ccc(N(c4ccccc4)c4ccccc4)cc3)n2)cc1. The first kappa shape index (κ1) is 40.1. The highest BCUT2D eigenvalue weighted by molar-refractivity contribution is 5.80. The lowest BCUT2D eigenvalue weighted by Gasteiger charge is -2.26. The molecule has 0 atom stereocenters. The van der Waals surface area contributed by atoms with E-state index in [9.17, 15) is 0 Å². The van der Waals surface area contributed by atoms with Gasteiger partial charge in [-0.15, -0.1) is 0 Å². The van der Waals surface area contributed by atoms with Crippen molar-refractivity contribution in [2.75, 3.05) is 14.7 Å². The zero-order chi connectivity index (χ0) is 42.8. The first-order valence-electron chi connectivity index (χ1n) is 21.2. The number of benzene rings is 8. The Labute approximate surface area is 370 Å². The Hall–Kier alpha value is -8.35. The zero-order valence-corrected chi connectivity index (χ0v) is 35.3. The van der Waals surface area contributed by atoms with Crippen LogP contribution >= 0.6 is 0 Å². The molecule has 0 aliphatic heterocycles. The average molecular weight is 815 g/mol. The standard InChI is InChI=1S/C57H46N6/c1-3-4-20-43(2)61(47-21-10-5-11-22-47)52-37-31-44(32-38-52)55-58-56(45-33-39-53(40-34-45)62(48-23-12-6-13-24-48)49-25-14-7-15-26-49)60-57(59-55)46-35-41-54(42-36-46)63(50-27-16-8-17-28-50)51-29-18-9-19-30-51/h3-42H,1-2H3/b4-3-,43-20+. The molecule has 0 spiro atoms. The molecule has 304 valence electrons. The van der Waals surface area contributed by atoms with Gasteiger partial charge >= 0.3 is 0 Å². The third-order valence-corrected chi connectivity index (χ3v) is 10.7. The Balaban J connectivity index is 1.12. The van der Waals surface area contributed by atoms with Crippen molar-refractivity contribution in [3.8, 4) is 34.2 Å². The summed E-state index contributed by atoms with van der Waals surface area (Å²) in [5.41, 5.74) is 12.2. The summed E-state index contributed by atoms with van der Waals surface area (Å²) in [7, 11) is 0. The van der Waals surface area contributed by atoms with Crippen molar-refractivity contribution in [2.45, 2.75) is 13.8 Å². The van der Waals surface area contributed by atoms with Crippen LogP contribution in [0.25, 0.3) is 34.2 Å². The summed E-state index contributed by atoms with van der Waals surface area (Å²) < 4.78 is 0. The molecule has 8 aromatic carbocycles. The van der Waals surface area contributed by atoms with E-state index >= 15 is 0 Å². The van der Waals surface area contributed by atoms with Crippen molar-refractivity contribution in [3.63, 3.8) is 0 Å². The van der Waals surface area contributed by atoms with Crippen LogP contribution in [0.3, 0.4) is 0 Å². The first-order chi connectivity index (χ1) is 31.1. The molecule has 6 nitrogen and oxygen atoms in total. The lowest BCUT2D eigenvalue weighted by atomic mass is 10.1. The molecule has 0 bridgehead atoms. The van der Waals surface area contributed by atoms with Gasteiger partial charge in [0.15, 0.2) is 17.5 Å². The zero-order valence-electron chi connectivity index (χ0n) is 35.3. The van der Waals surface area contributed by atoms with Gasteiger partial charge in [-0.1, -0.05) is 103 Å². The second-order valence-corrected chi connectivity index (χ2v) is 15.0. The second-order valence-electron chi connectivity index (χ2n) is 15.0. The largest absolute Gasteiger partial charge is 0.315 e. The van der Waals surface area contributed by atoms with Gasteiger partial charge < -0.3 is 14.7 Å². The molecule has 0 unspecified atom stereocenters. The molecule has 0 aliphatic carbocycles. The first-order valence-corrected chi connectivity index (χ1v) is 21.2. The Morgan fingerprint density at radius 1 is 0.333 bits per heavy atom. The highest BCUT2D eigenvalue weighted by Gasteiger charge is 2.18. The van der Waals surface area contributed by atoms with Gasteiger partial charge in [-0.25, -0.2) is 15.0 Å². The molecule has 1 heterocycles. The highest BCUT2D eigenvalue weighted by atomic mass is 15.2. The van der Waals surface area contributed by atoms with E-state index in [1.807, 2.05) is 43.3 Å². The van der Waals surface area contributed by atoms with Crippen LogP contribution in [0.15, 0.2) is 248 Å². The third-order valence-electron chi connectivity index (χ3n) is 10.7. The number of anilines is 8. The molecular formula is C57H46N6. The van der Waals surface area contributed by atoms with Crippen LogP contribution in [-0.4, -0.2) is 15.0 Å². The number of para-hydroxylation sites is 5. The van der Waals surface area contributed by atoms with Gasteiger partial charge in [0.2, 0.25) is 0 Å². The molecular weight excluding hydrogens is 769 g/mol. The minimum atomic E-state index is 0.590. The number of aromatic nitrogens is 3. The number of rotatable bonds is 13. The molecule has 9 rings (SSSR count). The molecule has 63 heavy (non-hydrogen) atoms. The smallest absolute Gasteiger partial charge is 0.164 e. The molecule has 6 heteroatoms. The van der Waals surface area contributed by atoms with Crippen molar-refractivity contribution in [1.29, 1.82) is 0 Å². The Kier molecular flexibility index (Phi) is 12.0. The number of hydrogen-bond donors (Lipinski definition) is 0. The van der Waals surface area contributed by atoms with Crippen LogP contribution in [0.5, 0.6) is 0 Å². The van der Waals surface area contributed by atoms with Crippen LogP contribution in [0.1, 0.15) is 13.8 Å². The van der Waals surface area contributed by atoms with E-state index in [1.165, 1.54) is 0 Å². The monoisotopic (exact) mass is 814 g/mol. The van der Waals surface area contributed by atoms with E-state index in [4.69, 9.17) is 15.0 Å². The topological polar surface area (TPSA) is 48.4 Å². The molecule has 0 saturated heterocycles. The van der Waals surface area contributed by atoms with Crippen molar-refractivity contribution in [3.05, 3.63) is 248 Å². The van der Waals surface area contributed by atoms with Gasteiger partial charge in [0.25, 0.3) is 0 Å². The maximum Gasteiger partial charge on any atom is 0.164 e. The second kappa shape index (κ2) is 18.9. The lowest BCUT2D eigenvalue weighted by molar-refractivity contribution is 1.07. The van der Waals surface area contributed by atoms with E-state index in [2.05, 4.69) is 228 Å². The van der Waals surface area contributed by atoms with Crippen LogP contribution in [0.4, 0.5) is 45.5 Å². The van der Waals surface area contributed by atoms with E-state index in [-0.39, 0.29) is 0 Å². The van der Waals surface area contributed by atoms with Crippen LogP contribution in [0, 0.1) is 0 Å². The van der Waals surface area contributed by atoms with Gasteiger partial charge in [0, 0.05) is 67.9 Å². The number of allylic oxidation sites excluding steroid dienone is 4. The van der Waals surface area contributed by atoms with Crippen molar-refractivity contribution in [2.24, 2.45) is 0 Å². The fraction of sp³-hybridized carbons (Fsp3) is 0.0351. The van der Waals surface area contributed by atoms with Crippen LogP contribution < -0.4 is 14.7 Å². The quantitative estimate of drug-likeness (QED) is 0.108. The fourth-order valence-electron chi connectivity index (χ4n) is 7.69. The molecule has 9 aromatic rings. The molecule has 0 N–H and O–H groups in total. The Bertz CT molecular complexity index is 2700. The number of nitrogens with zero attached hydrogens (tertiary/aromatic N) is 6. The van der Waals surface area contributed by atoms with E-state index < -0.39 is 0 Å². The molecule has 1 aromatic heterocycles. The number of hydrogen-bond acceptors (Lipinski definition) is 6. The minimum absolute atomic E-state index is 0.590. The van der Waals surface area contributed by atoms with Crippen molar-refractivity contribution >= 4 is 45.5 Å². The highest BCUT2D eigenvalue weighted by Crippen LogP contribution is 2.38. The van der Waals surface area contributed by atoms with Crippen molar-refractivity contribution < 1.29 is 0 Å². The molecule has 0 fully saturated rings. The molecule has 0 radical (unpaired) electrons. The lowest BCUT2D eigenvalue weighted by Crippen LogP contribution is -2.14. The van der Waals surface area contributed by atoms with Crippen LogP contribution in [0.2, 0.25) is 0 Å². The van der Waals surface area contributed by atoms with E-state index in [0.717, 1.165) is 67.9 Å². The summed E-state index contributed by atoms with van der Waals surface area (Å²) in [6, 6.07) is 77.4. The summed E-state index contributed by atoms with van der Waals surface area (Å²) in [5, 5.41) is 0. The Morgan fingerprint density at radius 2 is 0.587 bits per heavy atom. The summed E-state index contributed by atoms with van der Waals surface area (Å²) in [6.45, 7) is 4.15. The summed E-state index contributed by atoms with van der Waals surface area (Å²) >= 11 is 0. The molecule has 0 amide bonds. The van der Waals surface area contributed by atoms with E-state index in [1.54, 1.807) is 0 Å². The normalized spacial score (nSPS) is 11.4. The Morgan fingerprint density at radius 3 is 0.889 bits per heavy atom. The maximum atomic E-state index is 5.15. The predicted octanol–water partition coefficient (Wildman–Crippen LogP) is 15.4. The summed E-state index contributed by atoms with van der Waals surface area (Å²) in [5.74, 6) is 1.77. The maximum absolute atomic E-state index is 5.15. The van der Waals surface area contributed by atoms with Crippen LogP contribution in [-0.2, 0) is 0 Å². The average Bonchev–Trinajstić information content (AvgIpc) is 3.36. The van der Waals surface area contributed by atoms with Gasteiger partial charge in [-0.3, -0.25) is 0 Å². The van der Waals surface area contributed by atoms with Gasteiger partial charge in [0.1, 0.15) is 0 Å². The fourth-order valence-corrected chi connectivity index (χ4v) is 7.69. The molecule has 0 saturated carbocycles. The summed E-state index contributed by atoms with van der Waals surface area (Å²) in [4.78, 5) is 22.2. The van der Waals surface area contributed by atoms with Crippen molar-refractivity contribution in [1.82, 2.24) is 15.0 Å².